The molecule has 0 bridgehead atoms. The van der Waals surface area contributed by atoms with E-state index in [2.05, 4.69) is 5.32 Å². The van der Waals surface area contributed by atoms with Crippen molar-refractivity contribution in [3.63, 3.8) is 0 Å². The quantitative estimate of drug-likeness (QED) is 0.663. The number of nitrogen functional groups attached to an aromatic ring is 1. The Morgan fingerprint density at radius 2 is 1.90 bits per heavy atom. The number of halogens is 1. The molecule has 0 atom stereocenters. The maximum atomic E-state index is 11.8. The zero-order valence-electron chi connectivity index (χ0n) is 11.0. The predicted molar refractivity (Wildman–Crippen MR) is 81.5 cm³/mol. The first-order valence-electron chi connectivity index (χ1n) is 6.20. The fourth-order valence-electron chi connectivity index (χ4n) is 1.77. The SMILES string of the molecule is CCOC(=O)c1cccc(Nc2ccccc2Cl)c1N. The summed E-state index contributed by atoms with van der Waals surface area (Å²) in [4.78, 5) is 11.8. The van der Waals surface area contributed by atoms with Crippen molar-refractivity contribution in [3.05, 3.63) is 53.1 Å². The van der Waals surface area contributed by atoms with Crippen molar-refractivity contribution in [1.82, 2.24) is 0 Å². The van der Waals surface area contributed by atoms with Crippen LogP contribution in [0.4, 0.5) is 17.1 Å². The highest BCUT2D eigenvalue weighted by atomic mass is 35.5. The van der Waals surface area contributed by atoms with E-state index in [1.54, 1.807) is 31.2 Å². The van der Waals surface area contributed by atoms with Crippen LogP contribution in [0, 0.1) is 0 Å². The van der Waals surface area contributed by atoms with E-state index in [0.717, 1.165) is 5.69 Å². The number of para-hydroxylation sites is 2. The van der Waals surface area contributed by atoms with Crippen LogP contribution in [0.15, 0.2) is 42.5 Å². The molecule has 0 fully saturated rings. The third-order valence-electron chi connectivity index (χ3n) is 2.74. The number of rotatable bonds is 4. The molecule has 0 aliphatic rings. The highest BCUT2D eigenvalue weighted by Gasteiger charge is 2.13. The van der Waals surface area contributed by atoms with Gasteiger partial charge in [-0.15, -0.1) is 0 Å². The fourth-order valence-corrected chi connectivity index (χ4v) is 1.95. The molecule has 0 aromatic heterocycles. The van der Waals surface area contributed by atoms with E-state index < -0.39 is 5.97 Å². The van der Waals surface area contributed by atoms with Crippen LogP contribution in [0.5, 0.6) is 0 Å². The molecule has 0 radical (unpaired) electrons. The lowest BCUT2D eigenvalue weighted by atomic mass is 10.1. The topological polar surface area (TPSA) is 64.3 Å². The number of esters is 1. The minimum absolute atomic E-state index is 0.306. The number of nitrogens with two attached hydrogens (primary N) is 1. The van der Waals surface area contributed by atoms with Crippen molar-refractivity contribution in [2.24, 2.45) is 0 Å². The average molecular weight is 291 g/mol. The van der Waals surface area contributed by atoms with E-state index in [0.29, 0.717) is 28.6 Å². The largest absolute Gasteiger partial charge is 0.462 e. The smallest absolute Gasteiger partial charge is 0.340 e. The zero-order valence-corrected chi connectivity index (χ0v) is 11.8. The Labute approximate surface area is 122 Å². The Kier molecular flexibility index (Phi) is 4.48. The summed E-state index contributed by atoms with van der Waals surface area (Å²) in [5.41, 5.74) is 8.02. The lowest BCUT2D eigenvalue weighted by Gasteiger charge is -2.13. The number of anilines is 3. The van der Waals surface area contributed by atoms with E-state index in [-0.39, 0.29) is 0 Å². The Balaban J connectivity index is 2.32. The van der Waals surface area contributed by atoms with Crippen LogP contribution in [0.3, 0.4) is 0 Å². The molecule has 104 valence electrons. The molecule has 0 unspecified atom stereocenters. The minimum Gasteiger partial charge on any atom is -0.462 e. The van der Waals surface area contributed by atoms with Gasteiger partial charge in [-0.3, -0.25) is 0 Å². The van der Waals surface area contributed by atoms with E-state index in [9.17, 15) is 4.79 Å². The van der Waals surface area contributed by atoms with Crippen LogP contribution >= 0.6 is 11.6 Å². The van der Waals surface area contributed by atoms with Gasteiger partial charge in [0.15, 0.2) is 0 Å². The van der Waals surface area contributed by atoms with Crippen LogP contribution in [-0.4, -0.2) is 12.6 Å². The molecule has 0 spiro atoms. The summed E-state index contributed by atoms with van der Waals surface area (Å²) in [5, 5.41) is 3.69. The average Bonchev–Trinajstić information content (AvgIpc) is 2.43. The van der Waals surface area contributed by atoms with Gasteiger partial charge in [-0.05, 0) is 31.2 Å². The molecular formula is C15H15ClN2O2. The maximum absolute atomic E-state index is 11.8. The maximum Gasteiger partial charge on any atom is 0.340 e. The molecule has 2 rings (SSSR count). The lowest BCUT2D eigenvalue weighted by Crippen LogP contribution is -2.09. The summed E-state index contributed by atoms with van der Waals surface area (Å²) < 4.78 is 4.96. The van der Waals surface area contributed by atoms with Gasteiger partial charge in [0.2, 0.25) is 0 Å². The van der Waals surface area contributed by atoms with Crippen LogP contribution < -0.4 is 11.1 Å². The first-order valence-corrected chi connectivity index (χ1v) is 6.58. The van der Waals surface area contributed by atoms with Crippen molar-refractivity contribution in [2.45, 2.75) is 6.92 Å². The monoisotopic (exact) mass is 290 g/mol. The Morgan fingerprint density at radius 3 is 2.60 bits per heavy atom. The summed E-state index contributed by atoms with van der Waals surface area (Å²) in [6, 6.07) is 12.5. The number of hydrogen-bond acceptors (Lipinski definition) is 4. The van der Waals surface area contributed by atoms with Crippen LogP contribution in [-0.2, 0) is 4.74 Å². The number of benzene rings is 2. The number of carbonyl (C=O) groups excluding carboxylic acids is 1. The predicted octanol–water partition coefficient (Wildman–Crippen LogP) is 3.84. The van der Waals surface area contributed by atoms with E-state index in [1.807, 2.05) is 18.2 Å². The minimum atomic E-state index is -0.437. The molecule has 0 aliphatic heterocycles. The lowest BCUT2D eigenvalue weighted by molar-refractivity contribution is 0.0527. The summed E-state index contributed by atoms with van der Waals surface area (Å²) in [5.74, 6) is -0.437. The molecule has 5 heteroatoms. The first-order chi connectivity index (χ1) is 9.63. The van der Waals surface area contributed by atoms with Crippen molar-refractivity contribution >= 4 is 34.6 Å². The molecule has 0 saturated heterocycles. The Hall–Kier alpha value is -2.20. The first kappa shape index (κ1) is 14.2. The van der Waals surface area contributed by atoms with Crippen LogP contribution in [0.1, 0.15) is 17.3 Å². The van der Waals surface area contributed by atoms with Crippen molar-refractivity contribution in [3.8, 4) is 0 Å². The highest BCUT2D eigenvalue weighted by molar-refractivity contribution is 6.33. The van der Waals surface area contributed by atoms with Gasteiger partial charge in [0.05, 0.1) is 34.3 Å². The number of carbonyl (C=O) groups is 1. The summed E-state index contributed by atoms with van der Waals surface area (Å²) in [7, 11) is 0. The van der Waals surface area contributed by atoms with Gasteiger partial charge in [-0.1, -0.05) is 29.8 Å². The van der Waals surface area contributed by atoms with Gasteiger partial charge in [-0.25, -0.2) is 4.79 Å². The van der Waals surface area contributed by atoms with Crippen LogP contribution in [0.25, 0.3) is 0 Å². The van der Waals surface area contributed by atoms with Crippen molar-refractivity contribution in [2.75, 3.05) is 17.7 Å². The Morgan fingerprint density at radius 1 is 1.20 bits per heavy atom. The normalized spacial score (nSPS) is 10.1. The van der Waals surface area contributed by atoms with Gasteiger partial charge in [0.25, 0.3) is 0 Å². The second-order valence-electron chi connectivity index (χ2n) is 4.09. The molecule has 20 heavy (non-hydrogen) atoms. The second-order valence-corrected chi connectivity index (χ2v) is 4.50. The second kappa shape index (κ2) is 6.30. The molecule has 0 aliphatic carbocycles. The van der Waals surface area contributed by atoms with Gasteiger partial charge in [0, 0.05) is 0 Å². The van der Waals surface area contributed by atoms with Gasteiger partial charge in [-0.2, -0.15) is 0 Å². The molecule has 3 N–H and O–H groups in total. The van der Waals surface area contributed by atoms with Crippen LogP contribution in [0.2, 0.25) is 5.02 Å². The van der Waals surface area contributed by atoms with E-state index in [4.69, 9.17) is 22.1 Å². The summed E-state index contributed by atoms with van der Waals surface area (Å²) in [6.45, 7) is 2.06. The third-order valence-corrected chi connectivity index (χ3v) is 3.07. The van der Waals surface area contributed by atoms with Gasteiger partial charge < -0.3 is 15.8 Å². The summed E-state index contributed by atoms with van der Waals surface area (Å²) in [6.07, 6.45) is 0. The van der Waals surface area contributed by atoms with E-state index in [1.165, 1.54) is 0 Å². The molecule has 2 aromatic carbocycles. The molecule has 0 amide bonds. The molecule has 2 aromatic rings. The zero-order chi connectivity index (χ0) is 14.5. The number of ether oxygens (including phenoxy) is 1. The number of nitrogens with one attached hydrogen (secondary N) is 1. The van der Waals surface area contributed by atoms with Crippen molar-refractivity contribution < 1.29 is 9.53 Å². The van der Waals surface area contributed by atoms with Crippen molar-refractivity contribution in [1.29, 1.82) is 0 Å². The molecular weight excluding hydrogens is 276 g/mol. The molecule has 0 saturated carbocycles. The molecule has 0 heterocycles. The third kappa shape index (κ3) is 3.03. The standard InChI is InChI=1S/C15H15ClN2O2/c1-2-20-15(19)10-6-5-9-13(14(10)17)18-12-8-4-3-7-11(12)16/h3-9,18H,2,17H2,1H3. The number of hydrogen-bond donors (Lipinski definition) is 2. The van der Waals surface area contributed by atoms with Gasteiger partial charge >= 0.3 is 5.97 Å². The fraction of sp³-hybridized carbons (Fsp3) is 0.133. The molecule has 4 nitrogen and oxygen atoms in total. The van der Waals surface area contributed by atoms with Gasteiger partial charge in [0.1, 0.15) is 0 Å². The summed E-state index contributed by atoms with van der Waals surface area (Å²) >= 11 is 6.08. The Bertz CT molecular complexity index is 629. The van der Waals surface area contributed by atoms with E-state index >= 15 is 0 Å². The highest BCUT2D eigenvalue weighted by Crippen LogP contribution is 2.30.